The van der Waals surface area contributed by atoms with Crippen LogP contribution in [0.25, 0.3) is 16.6 Å². The minimum Gasteiger partial charge on any atom is -0.415 e. The Morgan fingerprint density at radius 3 is 1.97 bits per heavy atom. The summed E-state index contributed by atoms with van der Waals surface area (Å²) in [5, 5.41) is 4.38. The maximum Gasteiger partial charge on any atom is 0.365 e. The fourth-order valence-corrected chi connectivity index (χ4v) is 2.80. The quantitative estimate of drug-likeness (QED) is 0.160. The maximum atomic E-state index is 13.8. The molecule has 0 N–H and O–H groups in total. The van der Waals surface area contributed by atoms with Crippen LogP contribution < -0.4 is 4.74 Å². The summed E-state index contributed by atoms with van der Waals surface area (Å²) < 4.78 is 73.5. The number of nitrogens with zero attached hydrogens (tertiary/aromatic N) is 2. The molecule has 0 saturated carbocycles. The summed E-state index contributed by atoms with van der Waals surface area (Å²) in [6.07, 6.45) is 0. The number of para-hydroxylation sites is 2. The molecule has 0 unspecified atom stereocenters. The Morgan fingerprint density at radius 1 is 0.759 bits per heavy atom. The predicted molar refractivity (Wildman–Crippen MR) is 92.3 cm³/mol. The molecule has 0 spiro atoms. The highest BCUT2D eigenvalue weighted by Crippen LogP contribution is 2.30. The van der Waals surface area contributed by atoms with Gasteiger partial charge in [-0.25, -0.2) is 22.6 Å². The third-order valence-electron chi connectivity index (χ3n) is 4.15. The molecule has 0 atom stereocenters. The lowest BCUT2D eigenvalue weighted by Gasteiger charge is -2.08. The molecule has 9 heteroatoms. The lowest BCUT2D eigenvalue weighted by atomic mass is 10.2. The molecule has 0 aliphatic carbocycles. The summed E-state index contributed by atoms with van der Waals surface area (Å²) in [4.78, 5) is 12.5. The molecule has 4 aromatic rings. The molecule has 0 bridgehead atoms. The molecule has 0 amide bonds. The van der Waals surface area contributed by atoms with E-state index in [2.05, 4.69) is 9.84 Å². The Hall–Kier alpha value is -3.75. The van der Waals surface area contributed by atoms with Crippen molar-refractivity contribution in [2.75, 3.05) is 0 Å². The Bertz CT molecular complexity index is 1230. The van der Waals surface area contributed by atoms with Gasteiger partial charge in [-0.15, -0.1) is 0 Å². The van der Waals surface area contributed by atoms with Crippen LogP contribution in [0, 0.1) is 29.1 Å². The van der Waals surface area contributed by atoms with E-state index in [0.29, 0.717) is 11.2 Å². The average Bonchev–Trinajstić information content (AvgIpc) is 3.14. The van der Waals surface area contributed by atoms with Crippen molar-refractivity contribution in [3.63, 3.8) is 0 Å². The zero-order valence-corrected chi connectivity index (χ0v) is 14.3. The van der Waals surface area contributed by atoms with E-state index < -0.39 is 40.8 Å². The molecule has 0 aliphatic heterocycles. The van der Waals surface area contributed by atoms with Crippen molar-refractivity contribution < 1.29 is 31.5 Å². The molecule has 146 valence electrons. The zero-order valence-electron chi connectivity index (χ0n) is 14.3. The van der Waals surface area contributed by atoms with Crippen molar-refractivity contribution in [2.45, 2.75) is 0 Å². The number of halogens is 5. The summed E-state index contributed by atoms with van der Waals surface area (Å²) in [5.41, 5.74) is 0.704. The van der Waals surface area contributed by atoms with Crippen LogP contribution in [0.3, 0.4) is 0 Å². The molecule has 0 radical (unpaired) electrons. The van der Waals surface area contributed by atoms with E-state index in [-0.39, 0.29) is 11.1 Å². The van der Waals surface area contributed by atoms with E-state index in [1.165, 1.54) is 10.7 Å². The van der Waals surface area contributed by atoms with Crippen LogP contribution in [-0.2, 0) is 0 Å². The van der Waals surface area contributed by atoms with Gasteiger partial charge in [-0.1, -0.05) is 36.4 Å². The van der Waals surface area contributed by atoms with Crippen molar-refractivity contribution in [2.24, 2.45) is 0 Å². The van der Waals surface area contributed by atoms with Crippen molar-refractivity contribution in [3.05, 3.63) is 89.4 Å². The van der Waals surface area contributed by atoms with Crippen molar-refractivity contribution in [1.29, 1.82) is 0 Å². The molecule has 0 saturated heterocycles. The van der Waals surface area contributed by atoms with Crippen LogP contribution in [0.5, 0.6) is 5.75 Å². The third-order valence-corrected chi connectivity index (χ3v) is 4.15. The number of hydrogen-bond donors (Lipinski definition) is 0. The first kappa shape index (κ1) is 18.6. The summed E-state index contributed by atoms with van der Waals surface area (Å²) >= 11 is 0. The number of carbonyl (C=O) groups excluding carboxylic acids is 1. The molecule has 4 nitrogen and oxygen atoms in total. The molecule has 1 aromatic heterocycles. The third kappa shape index (κ3) is 3.00. The highest BCUT2D eigenvalue weighted by Gasteiger charge is 2.30. The van der Waals surface area contributed by atoms with Gasteiger partial charge < -0.3 is 4.74 Å². The highest BCUT2D eigenvalue weighted by atomic mass is 19.2. The lowest BCUT2D eigenvalue weighted by molar-refractivity contribution is 0.0711. The molecular weight excluding hydrogens is 395 g/mol. The first-order valence-corrected chi connectivity index (χ1v) is 8.17. The number of esters is 1. The molecular formula is C20H9F5N2O2. The molecule has 29 heavy (non-hydrogen) atoms. The van der Waals surface area contributed by atoms with Crippen LogP contribution in [-0.4, -0.2) is 15.7 Å². The first-order valence-electron chi connectivity index (χ1n) is 8.17. The lowest BCUT2D eigenvalue weighted by Crippen LogP contribution is -2.15. The van der Waals surface area contributed by atoms with Crippen LogP contribution in [0.4, 0.5) is 22.0 Å². The van der Waals surface area contributed by atoms with E-state index in [4.69, 9.17) is 0 Å². The minimum atomic E-state index is -2.35. The topological polar surface area (TPSA) is 44.1 Å². The molecule has 1 heterocycles. The first-order chi connectivity index (χ1) is 13.9. The fourth-order valence-electron chi connectivity index (χ4n) is 2.80. The SMILES string of the molecule is O=C(Oc1c(F)c(F)c(F)c(F)c1F)c1nn(-c2ccccc2)c2ccccc12. The van der Waals surface area contributed by atoms with Gasteiger partial charge in [-0.2, -0.15) is 13.9 Å². The number of carbonyl (C=O) groups is 1. The van der Waals surface area contributed by atoms with E-state index in [1.807, 2.05) is 0 Å². The predicted octanol–water partition coefficient (Wildman–Crippen LogP) is 4.94. The van der Waals surface area contributed by atoms with Crippen molar-refractivity contribution in [3.8, 4) is 11.4 Å². The van der Waals surface area contributed by atoms with Crippen LogP contribution >= 0.6 is 0 Å². The summed E-state index contributed by atoms with van der Waals surface area (Å²) in [6.45, 7) is 0. The standard InChI is InChI=1S/C20H9F5N2O2/c21-13-14(22)16(24)19(17(25)15(13)23)29-20(28)18-11-8-4-5-9-12(11)27(26-18)10-6-2-1-3-7-10/h1-9H. The van der Waals surface area contributed by atoms with Gasteiger partial charge in [-0.05, 0) is 18.2 Å². The Kier molecular flexibility index (Phi) is 4.50. The molecule has 0 fully saturated rings. The van der Waals surface area contributed by atoms with Gasteiger partial charge >= 0.3 is 5.97 Å². The Labute approximate surface area is 159 Å². The van der Waals surface area contributed by atoms with Crippen molar-refractivity contribution in [1.82, 2.24) is 9.78 Å². The second kappa shape index (κ2) is 7.01. The van der Waals surface area contributed by atoms with E-state index in [9.17, 15) is 26.7 Å². The second-order valence-electron chi connectivity index (χ2n) is 5.90. The highest BCUT2D eigenvalue weighted by molar-refractivity contribution is 6.03. The van der Waals surface area contributed by atoms with Gasteiger partial charge in [0.2, 0.25) is 34.8 Å². The number of rotatable bonds is 3. The van der Waals surface area contributed by atoms with E-state index in [1.54, 1.807) is 48.5 Å². The smallest absolute Gasteiger partial charge is 0.365 e. The van der Waals surface area contributed by atoms with Gasteiger partial charge in [-0.3, -0.25) is 0 Å². The number of ether oxygens (including phenoxy) is 1. The summed E-state index contributed by atoms with van der Waals surface area (Å²) in [7, 11) is 0. The van der Waals surface area contributed by atoms with Crippen LogP contribution in [0.15, 0.2) is 54.6 Å². The number of aromatic nitrogens is 2. The fraction of sp³-hybridized carbons (Fsp3) is 0. The van der Waals surface area contributed by atoms with Crippen LogP contribution in [0.2, 0.25) is 0 Å². The van der Waals surface area contributed by atoms with Crippen LogP contribution in [0.1, 0.15) is 10.5 Å². The van der Waals surface area contributed by atoms with E-state index >= 15 is 0 Å². The van der Waals surface area contributed by atoms with Gasteiger partial charge in [0.15, 0.2) is 5.69 Å². The monoisotopic (exact) mass is 404 g/mol. The average molecular weight is 404 g/mol. The minimum absolute atomic E-state index is 0.269. The van der Waals surface area contributed by atoms with Crippen molar-refractivity contribution >= 4 is 16.9 Å². The number of fused-ring (bicyclic) bond motifs is 1. The van der Waals surface area contributed by atoms with Gasteiger partial charge in [0.1, 0.15) is 0 Å². The molecule has 0 aliphatic rings. The molecule has 4 rings (SSSR count). The number of benzene rings is 3. The Morgan fingerprint density at radius 2 is 1.31 bits per heavy atom. The van der Waals surface area contributed by atoms with Gasteiger partial charge in [0.05, 0.1) is 11.2 Å². The summed E-state index contributed by atoms with van der Waals surface area (Å²) in [5.74, 6) is -14.3. The maximum absolute atomic E-state index is 13.8. The largest absolute Gasteiger partial charge is 0.415 e. The molecule has 3 aromatic carbocycles. The van der Waals surface area contributed by atoms with Gasteiger partial charge in [0.25, 0.3) is 0 Å². The second-order valence-corrected chi connectivity index (χ2v) is 5.90. The van der Waals surface area contributed by atoms with E-state index in [0.717, 1.165) is 0 Å². The zero-order chi connectivity index (χ0) is 20.7. The number of hydrogen-bond acceptors (Lipinski definition) is 3. The Balaban J connectivity index is 1.82. The van der Waals surface area contributed by atoms with Gasteiger partial charge in [0, 0.05) is 5.39 Å². The summed E-state index contributed by atoms with van der Waals surface area (Å²) in [6, 6.07) is 15.1. The normalized spacial score (nSPS) is 11.1.